The van der Waals surface area contributed by atoms with Gasteiger partial charge in [-0.15, -0.1) is 0 Å². The van der Waals surface area contributed by atoms with Crippen molar-refractivity contribution in [3.63, 3.8) is 0 Å². The first kappa shape index (κ1) is 26.5. The molecule has 0 unspecified atom stereocenters. The number of rotatable bonds is 3. The Morgan fingerprint density at radius 2 is 0.959 bits per heavy atom. The second-order valence-corrected chi connectivity index (χ2v) is 12.9. The summed E-state index contributed by atoms with van der Waals surface area (Å²) in [6.07, 6.45) is 0. The topological polar surface area (TPSA) is 38.9 Å². The van der Waals surface area contributed by atoms with Gasteiger partial charge >= 0.3 is 0 Å². The van der Waals surface area contributed by atoms with E-state index in [4.69, 9.17) is 14.4 Å². The Morgan fingerprint density at radius 3 is 1.76 bits per heavy atom. The molecule has 0 spiro atoms. The zero-order valence-electron chi connectivity index (χ0n) is 26.3. The fourth-order valence-corrected chi connectivity index (χ4v) is 7.87. The Hall–Kier alpha value is -6.58. The molecule has 7 aromatic carbocycles. The van der Waals surface area contributed by atoms with Gasteiger partial charge < -0.3 is 4.42 Å². The van der Waals surface area contributed by atoms with Crippen LogP contribution in [0.1, 0.15) is 0 Å². The van der Waals surface area contributed by atoms with E-state index in [1.54, 1.807) is 0 Å². The number of benzene rings is 7. The van der Waals surface area contributed by atoms with E-state index in [2.05, 4.69) is 152 Å². The van der Waals surface area contributed by atoms with E-state index in [9.17, 15) is 0 Å². The van der Waals surface area contributed by atoms with E-state index < -0.39 is 0 Å². The normalized spacial score (nSPS) is 12.1. The molecule has 1 aliphatic carbocycles. The molecular formula is C46H26N2O. The molecule has 0 radical (unpaired) electrons. The van der Waals surface area contributed by atoms with Gasteiger partial charge in [0.25, 0.3) is 0 Å². The van der Waals surface area contributed by atoms with Crippen LogP contribution in [-0.4, -0.2) is 9.97 Å². The number of pyridine rings is 2. The molecule has 226 valence electrons. The van der Waals surface area contributed by atoms with Crippen molar-refractivity contribution < 1.29 is 4.42 Å². The zero-order chi connectivity index (χ0) is 32.1. The lowest BCUT2D eigenvalue weighted by Gasteiger charge is -2.09. The summed E-state index contributed by atoms with van der Waals surface area (Å²) >= 11 is 0. The molecule has 0 N–H and O–H groups in total. The first-order valence-electron chi connectivity index (χ1n) is 16.7. The molecule has 0 atom stereocenters. The summed E-state index contributed by atoms with van der Waals surface area (Å²) in [4.78, 5) is 10.5. The van der Waals surface area contributed by atoms with Crippen molar-refractivity contribution in [2.75, 3.05) is 0 Å². The standard InChI is InChI=1S/C46H26N2O/c1-2-7-27(8-3-1)28-15-17-29(18-16-28)39-25-21-31-19-20-32-22-26-40(48-44(32)43(31)47-39)37-13-6-12-35-36-24-23-34-33-11-4-9-30-10-5-14-38(41(30)33)42(34)46(36)49-45(35)37/h1-26H. The number of fused-ring (bicyclic) bond motifs is 10. The first-order valence-corrected chi connectivity index (χ1v) is 16.7. The maximum absolute atomic E-state index is 6.91. The molecule has 0 saturated carbocycles. The smallest absolute Gasteiger partial charge is 0.144 e. The van der Waals surface area contributed by atoms with Gasteiger partial charge in [0.05, 0.1) is 22.4 Å². The average molecular weight is 623 g/mol. The quantitative estimate of drug-likeness (QED) is 0.184. The predicted molar refractivity (Wildman–Crippen MR) is 203 cm³/mol. The van der Waals surface area contributed by atoms with Crippen LogP contribution in [-0.2, 0) is 0 Å². The van der Waals surface area contributed by atoms with Crippen molar-refractivity contribution in [3.05, 3.63) is 158 Å². The third-order valence-corrected chi connectivity index (χ3v) is 10.2. The number of hydrogen-bond acceptors (Lipinski definition) is 3. The highest BCUT2D eigenvalue weighted by Crippen LogP contribution is 2.52. The lowest BCUT2D eigenvalue weighted by molar-refractivity contribution is 0.671. The second kappa shape index (κ2) is 9.96. The summed E-state index contributed by atoms with van der Waals surface area (Å²) < 4.78 is 6.91. The Kier molecular flexibility index (Phi) is 5.38. The molecule has 1 aliphatic rings. The minimum Gasteiger partial charge on any atom is -0.455 e. The van der Waals surface area contributed by atoms with Crippen LogP contribution in [0.2, 0.25) is 0 Å². The molecule has 3 heterocycles. The van der Waals surface area contributed by atoms with Crippen LogP contribution in [0, 0.1) is 0 Å². The molecule has 10 aromatic rings. The largest absolute Gasteiger partial charge is 0.455 e. The van der Waals surface area contributed by atoms with Crippen LogP contribution >= 0.6 is 0 Å². The van der Waals surface area contributed by atoms with Crippen molar-refractivity contribution in [3.8, 4) is 55.9 Å². The van der Waals surface area contributed by atoms with Crippen molar-refractivity contribution in [1.82, 2.24) is 9.97 Å². The van der Waals surface area contributed by atoms with Crippen LogP contribution in [0.25, 0.3) is 110 Å². The number of hydrogen-bond donors (Lipinski definition) is 0. The third-order valence-electron chi connectivity index (χ3n) is 10.2. The minimum atomic E-state index is 0.855. The van der Waals surface area contributed by atoms with Crippen molar-refractivity contribution in [2.45, 2.75) is 0 Å². The van der Waals surface area contributed by atoms with Gasteiger partial charge in [-0.1, -0.05) is 133 Å². The van der Waals surface area contributed by atoms with E-state index in [-0.39, 0.29) is 0 Å². The van der Waals surface area contributed by atoms with E-state index >= 15 is 0 Å². The molecule has 3 nitrogen and oxygen atoms in total. The maximum atomic E-state index is 6.91. The van der Waals surface area contributed by atoms with Crippen molar-refractivity contribution in [1.29, 1.82) is 0 Å². The molecule has 3 aromatic heterocycles. The Morgan fingerprint density at radius 1 is 0.347 bits per heavy atom. The Bertz CT molecular complexity index is 2970. The molecule has 0 fully saturated rings. The van der Waals surface area contributed by atoms with Crippen molar-refractivity contribution >= 4 is 54.5 Å². The van der Waals surface area contributed by atoms with E-state index in [0.717, 1.165) is 66.3 Å². The highest BCUT2D eigenvalue weighted by molar-refractivity contribution is 6.23. The van der Waals surface area contributed by atoms with Crippen LogP contribution in [0.5, 0.6) is 0 Å². The minimum absolute atomic E-state index is 0.855. The molecule has 0 aliphatic heterocycles. The Balaban J connectivity index is 1.07. The van der Waals surface area contributed by atoms with Crippen LogP contribution < -0.4 is 0 Å². The summed E-state index contributed by atoms with van der Waals surface area (Å²) in [6, 6.07) is 55.8. The molecule has 0 amide bonds. The fraction of sp³-hybridized carbons (Fsp3) is 0. The SMILES string of the molecule is c1ccc(-c2ccc(-c3ccc4ccc5ccc(-c6cccc7c6oc6c8c(ccc67)-c6cccc7cccc-8c67)nc5c4n3)cc2)cc1. The number of furan rings is 1. The zero-order valence-corrected chi connectivity index (χ0v) is 26.3. The highest BCUT2D eigenvalue weighted by Gasteiger charge is 2.26. The van der Waals surface area contributed by atoms with Gasteiger partial charge in [-0.2, -0.15) is 0 Å². The van der Waals surface area contributed by atoms with Crippen LogP contribution in [0.4, 0.5) is 0 Å². The summed E-state index contributed by atoms with van der Waals surface area (Å²) in [5.41, 5.74) is 14.7. The number of nitrogens with zero attached hydrogens (tertiary/aromatic N) is 2. The third kappa shape index (κ3) is 3.84. The van der Waals surface area contributed by atoms with Crippen molar-refractivity contribution in [2.24, 2.45) is 0 Å². The summed E-state index contributed by atoms with van der Waals surface area (Å²) in [6.45, 7) is 0. The van der Waals surface area contributed by atoms with Gasteiger partial charge in [-0.3, -0.25) is 0 Å². The van der Waals surface area contributed by atoms with Gasteiger partial charge in [0.2, 0.25) is 0 Å². The lowest BCUT2D eigenvalue weighted by atomic mass is 10.00. The van der Waals surface area contributed by atoms with Gasteiger partial charge in [0, 0.05) is 38.2 Å². The predicted octanol–water partition coefficient (Wildman–Crippen LogP) is 12.5. The maximum Gasteiger partial charge on any atom is 0.144 e. The van der Waals surface area contributed by atoms with Gasteiger partial charge in [-0.05, 0) is 62.9 Å². The number of aromatic nitrogens is 2. The lowest BCUT2D eigenvalue weighted by Crippen LogP contribution is -1.91. The second-order valence-electron chi connectivity index (χ2n) is 12.9. The molecule has 3 heteroatoms. The van der Waals surface area contributed by atoms with Gasteiger partial charge in [0.1, 0.15) is 11.2 Å². The summed E-state index contributed by atoms with van der Waals surface area (Å²) in [5.74, 6) is 0. The summed E-state index contributed by atoms with van der Waals surface area (Å²) in [7, 11) is 0. The van der Waals surface area contributed by atoms with Gasteiger partial charge in [-0.25, -0.2) is 9.97 Å². The molecule has 11 rings (SSSR count). The van der Waals surface area contributed by atoms with Gasteiger partial charge in [0.15, 0.2) is 0 Å². The van der Waals surface area contributed by atoms with E-state index in [1.807, 2.05) is 6.07 Å². The number of para-hydroxylation sites is 1. The average Bonchev–Trinajstić information content (AvgIpc) is 3.72. The molecule has 49 heavy (non-hydrogen) atoms. The van der Waals surface area contributed by atoms with Crippen LogP contribution in [0.15, 0.2) is 162 Å². The Labute approximate surface area is 281 Å². The molecular weight excluding hydrogens is 597 g/mol. The van der Waals surface area contributed by atoms with E-state index in [1.165, 1.54) is 44.2 Å². The highest BCUT2D eigenvalue weighted by atomic mass is 16.3. The first-order chi connectivity index (χ1) is 24.3. The fourth-order valence-electron chi connectivity index (χ4n) is 7.87. The van der Waals surface area contributed by atoms with Crippen LogP contribution in [0.3, 0.4) is 0 Å². The molecule has 0 bridgehead atoms. The monoisotopic (exact) mass is 622 g/mol. The van der Waals surface area contributed by atoms with E-state index in [0.29, 0.717) is 0 Å². The molecule has 0 saturated heterocycles. The summed E-state index contributed by atoms with van der Waals surface area (Å²) in [5, 5.41) is 6.89.